The number of rotatable bonds is 5. The highest BCUT2D eigenvalue weighted by Crippen LogP contribution is 2.43. The second-order valence-electron chi connectivity index (χ2n) is 6.29. The Hall–Kier alpha value is -1.99. The zero-order valence-electron chi connectivity index (χ0n) is 14.3. The normalized spacial score (nSPS) is 20.2. The van der Waals surface area contributed by atoms with Gasteiger partial charge in [0.2, 0.25) is 12.7 Å². The number of amides is 1. The van der Waals surface area contributed by atoms with Gasteiger partial charge in [-0.15, -0.1) is 11.8 Å². The van der Waals surface area contributed by atoms with E-state index in [0.29, 0.717) is 22.4 Å². The van der Waals surface area contributed by atoms with Crippen LogP contribution in [0.5, 0.6) is 0 Å². The van der Waals surface area contributed by atoms with Crippen LogP contribution < -0.4 is 0 Å². The molecule has 2 aliphatic heterocycles. The highest BCUT2D eigenvalue weighted by Gasteiger charge is 2.41. The van der Waals surface area contributed by atoms with Crippen molar-refractivity contribution in [2.75, 3.05) is 12.5 Å². The maximum atomic E-state index is 13.7. The predicted octanol–water partition coefficient (Wildman–Crippen LogP) is 4.62. The fraction of sp³-hybridized carbons (Fsp3) is 0.250. The van der Waals surface area contributed by atoms with Gasteiger partial charge in [0.1, 0.15) is 17.5 Å². The third-order valence-corrected chi connectivity index (χ3v) is 6.40. The van der Waals surface area contributed by atoms with Crippen LogP contribution in [0.3, 0.4) is 0 Å². The van der Waals surface area contributed by atoms with Gasteiger partial charge in [-0.3, -0.25) is 4.79 Å². The van der Waals surface area contributed by atoms with Crippen molar-refractivity contribution in [3.63, 3.8) is 0 Å². The molecule has 140 valence electrons. The number of hydrogen-bond acceptors (Lipinski definition) is 4. The lowest BCUT2D eigenvalue weighted by atomic mass is 10.0. The van der Waals surface area contributed by atoms with Crippen molar-refractivity contribution in [3.8, 4) is 0 Å². The maximum absolute atomic E-state index is 13.7. The molecule has 0 aliphatic carbocycles. The Bertz CT molecular complexity index is 877. The number of carbonyl (C=O) groups is 1. The van der Waals surface area contributed by atoms with E-state index in [4.69, 9.17) is 9.47 Å². The average Bonchev–Trinajstić information content (AvgIpc) is 3.33. The lowest BCUT2D eigenvalue weighted by Crippen LogP contribution is -2.41. The van der Waals surface area contributed by atoms with E-state index < -0.39 is 0 Å². The minimum absolute atomic E-state index is 0.0304. The summed E-state index contributed by atoms with van der Waals surface area (Å²) in [5, 5.41) is -0.215. The van der Waals surface area contributed by atoms with E-state index in [1.54, 1.807) is 18.4 Å². The van der Waals surface area contributed by atoms with Crippen LogP contribution >= 0.6 is 27.7 Å². The zero-order chi connectivity index (χ0) is 18.8. The monoisotopic (exact) mass is 449 g/mol. The number of thioether (sulfide) groups is 1. The fourth-order valence-electron chi connectivity index (χ4n) is 3.30. The van der Waals surface area contributed by atoms with Crippen molar-refractivity contribution in [3.05, 3.63) is 82.0 Å². The molecule has 0 saturated carbocycles. The summed E-state index contributed by atoms with van der Waals surface area (Å²) in [6.07, 6.45) is 2.20. The molecule has 1 fully saturated rings. The summed E-state index contributed by atoms with van der Waals surface area (Å²) in [6.45, 7) is 0.155. The Labute approximate surface area is 169 Å². The summed E-state index contributed by atoms with van der Waals surface area (Å²) < 4.78 is 25.0. The Morgan fingerprint density at radius 3 is 2.78 bits per heavy atom. The first-order valence-electron chi connectivity index (χ1n) is 8.49. The Morgan fingerprint density at radius 1 is 1.26 bits per heavy atom. The molecular weight excluding hydrogens is 433 g/mol. The highest BCUT2D eigenvalue weighted by atomic mass is 79.9. The van der Waals surface area contributed by atoms with Crippen LogP contribution in [-0.4, -0.2) is 29.4 Å². The molecule has 27 heavy (non-hydrogen) atoms. The van der Waals surface area contributed by atoms with Gasteiger partial charge < -0.3 is 14.4 Å². The zero-order valence-corrected chi connectivity index (χ0v) is 16.7. The minimum Gasteiger partial charge on any atom is -0.462 e. The summed E-state index contributed by atoms with van der Waals surface area (Å²) in [4.78, 5) is 14.6. The van der Waals surface area contributed by atoms with E-state index >= 15 is 0 Å². The van der Waals surface area contributed by atoms with Crippen molar-refractivity contribution in [1.82, 2.24) is 4.90 Å². The van der Waals surface area contributed by atoms with Gasteiger partial charge in [0.25, 0.3) is 0 Å². The Kier molecular flexibility index (Phi) is 5.41. The van der Waals surface area contributed by atoms with Crippen LogP contribution in [0.25, 0.3) is 0 Å². The van der Waals surface area contributed by atoms with E-state index in [1.807, 2.05) is 35.2 Å². The molecule has 0 N–H and O–H groups in total. The number of halogens is 2. The van der Waals surface area contributed by atoms with Gasteiger partial charge in [-0.05, 0) is 39.2 Å². The summed E-state index contributed by atoms with van der Waals surface area (Å²) in [5.74, 6) is 0.721. The molecule has 2 unspecified atom stereocenters. The minimum atomic E-state index is -0.323. The lowest BCUT2D eigenvalue weighted by molar-refractivity contribution is -0.130. The smallest absolute Gasteiger partial charge is 0.234 e. The van der Waals surface area contributed by atoms with E-state index in [1.165, 1.54) is 17.8 Å². The van der Waals surface area contributed by atoms with Crippen LogP contribution in [0.1, 0.15) is 16.5 Å². The van der Waals surface area contributed by atoms with Gasteiger partial charge in [-0.2, -0.15) is 0 Å². The number of carbonyl (C=O) groups excluding carboxylic acids is 1. The Balaban J connectivity index is 1.69. The third-order valence-electron chi connectivity index (χ3n) is 4.56. The number of ether oxygens (including phenoxy) is 2. The van der Waals surface area contributed by atoms with Gasteiger partial charge in [0.05, 0.1) is 16.3 Å². The van der Waals surface area contributed by atoms with Crippen LogP contribution in [-0.2, 0) is 20.7 Å². The molecule has 1 amide bonds. The number of hydrogen-bond donors (Lipinski definition) is 0. The van der Waals surface area contributed by atoms with Crippen molar-refractivity contribution in [2.24, 2.45) is 0 Å². The second kappa shape index (κ2) is 7.94. The SMILES string of the molecule is O=C1CSC(c2ccc(F)c(Br)c2)N1C(Cc1ccccc1)C1=COCO1. The lowest BCUT2D eigenvalue weighted by Gasteiger charge is -2.32. The quantitative estimate of drug-likeness (QED) is 0.667. The van der Waals surface area contributed by atoms with E-state index in [0.717, 1.165) is 11.1 Å². The summed E-state index contributed by atoms with van der Waals surface area (Å²) in [5.41, 5.74) is 1.97. The molecule has 4 rings (SSSR count). The molecule has 2 heterocycles. The van der Waals surface area contributed by atoms with Gasteiger partial charge >= 0.3 is 0 Å². The summed E-state index contributed by atoms with van der Waals surface area (Å²) in [6, 6.07) is 14.6. The predicted molar refractivity (Wildman–Crippen MR) is 105 cm³/mol. The fourth-order valence-corrected chi connectivity index (χ4v) is 4.91. The largest absolute Gasteiger partial charge is 0.462 e. The molecule has 0 spiro atoms. The molecule has 2 aliphatic rings. The molecule has 2 atom stereocenters. The molecule has 0 aromatic heterocycles. The van der Waals surface area contributed by atoms with Crippen LogP contribution in [0.2, 0.25) is 0 Å². The van der Waals surface area contributed by atoms with Crippen LogP contribution in [0.15, 0.2) is 65.0 Å². The van der Waals surface area contributed by atoms with Gasteiger partial charge in [0, 0.05) is 6.42 Å². The molecule has 1 saturated heterocycles. The van der Waals surface area contributed by atoms with Gasteiger partial charge in [0.15, 0.2) is 5.76 Å². The van der Waals surface area contributed by atoms with Gasteiger partial charge in [-0.25, -0.2) is 4.39 Å². The summed E-state index contributed by atoms with van der Waals surface area (Å²) in [7, 11) is 0. The summed E-state index contributed by atoms with van der Waals surface area (Å²) >= 11 is 4.77. The first-order valence-corrected chi connectivity index (χ1v) is 10.3. The average molecular weight is 450 g/mol. The van der Waals surface area contributed by atoms with Crippen molar-refractivity contribution < 1.29 is 18.7 Å². The highest BCUT2D eigenvalue weighted by molar-refractivity contribution is 9.10. The molecule has 2 aromatic carbocycles. The molecule has 7 heteroatoms. The number of benzene rings is 2. The standard InChI is InChI=1S/C20H17BrFNO3S/c21-15-9-14(6-7-16(15)22)20-23(19(24)11-27-20)17(18-10-25-12-26-18)8-13-4-2-1-3-5-13/h1-7,9-10,17,20H,8,11-12H2. The topological polar surface area (TPSA) is 38.8 Å². The molecule has 4 nitrogen and oxygen atoms in total. The number of nitrogens with zero attached hydrogens (tertiary/aromatic N) is 1. The van der Waals surface area contributed by atoms with E-state index in [2.05, 4.69) is 15.9 Å². The van der Waals surface area contributed by atoms with Gasteiger partial charge in [-0.1, -0.05) is 36.4 Å². The maximum Gasteiger partial charge on any atom is 0.234 e. The Morgan fingerprint density at radius 2 is 2.07 bits per heavy atom. The van der Waals surface area contributed by atoms with Crippen LogP contribution in [0, 0.1) is 5.82 Å². The molecular formula is C20H17BrFNO3S. The van der Waals surface area contributed by atoms with E-state index in [-0.39, 0.29) is 29.9 Å². The second-order valence-corrected chi connectivity index (χ2v) is 8.22. The molecule has 0 bridgehead atoms. The van der Waals surface area contributed by atoms with Crippen molar-refractivity contribution in [1.29, 1.82) is 0 Å². The first kappa shape index (κ1) is 18.4. The first-order chi connectivity index (χ1) is 13.1. The van der Waals surface area contributed by atoms with Crippen molar-refractivity contribution in [2.45, 2.75) is 17.8 Å². The molecule has 2 aromatic rings. The molecule has 0 radical (unpaired) electrons. The van der Waals surface area contributed by atoms with Crippen molar-refractivity contribution >= 4 is 33.6 Å². The van der Waals surface area contributed by atoms with E-state index in [9.17, 15) is 9.18 Å². The third kappa shape index (κ3) is 3.84. The van der Waals surface area contributed by atoms with Crippen LogP contribution in [0.4, 0.5) is 4.39 Å².